The number of ether oxygens (including phenoxy) is 1. The van der Waals surface area contributed by atoms with E-state index in [0.717, 1.165) is 0 Å². The van der Waals surface area contributed by atoms with Gasteiger partial charge in [0.2, 0.25) is 11.7 Å². The fraction of sp³-hybridized carbons (Fsp3) is 0.235. The van der Waals surface area contributed by atoms with E-state index in [4.69, 9.17) is 27.9 Å². The van der Waals surface area contributed by atoms with E-state index in [0.29, 0.717) is 27.0 Å². The molecular formula is C17H15Cl2NO4S. The highest BCUT2D eigenvalue weighted by Gasteiger charge is 2.11. The van der Waals surface area contributed by atoms with Crippen LogP contribution in [0.4, 0.5) is 5.69 Å². The third kappa shape index (κ3) is 6.49. The molecule has 2 rings (SSSR count). The Morgan fingerprint density at radius 3 is 2.56 bits per heavy atom. The van der Waals surface area contributed by atoms with Gasteiger partial charge in [0, 0.05) is 18.5 Å². The van der Waals surface area contributed by atoms with Crippen LogP contribution in [0.1, 0.15) is 28.9 Å². The van der Waals surface area contributed by atoms with Gasteiger partial charge in [-0.05, 0) is 36.1 Å². The summed E-state index contributed by atoms with van der Waals surface area (Å²) >= 11 is 13.0. The Balaban J connectivity index is 1.65. The zero-order chi connectivity index (χ0) is 18.2. The van der Waals surface area contributed by atoms with Crippen molar-refractivity contribution in [1.82, 2.24) is 0 Å². The lowest BCUT2D eigenvalue weighted by molar-refractivity contribution is -0.142. The predicted octanol–water partition coefficient (Wildman–Crippen LogP) is 4.59. The number of hydrogen-bond acceptors (Lipinski definition) is 5. The van der Waals surface area contributed by atoms with Crippen LogP contribution in [0.5, 0.6) is 0 Å². The largest absolute Gasteiger partial charge is 0.457 e. The maximum Gasteiger partial charge on any atom is 0.306 e. The molecule has 0 aliphatic carbocycles. The van der Waals surface area contributed by atoms with Crippen molar-refractivity contribution in [3.8, 4) is 0 Å². The number of halogens is 2. The summed E-state index contributed by atoms with van der Waals surface area (Å²) in [6.07, 6.45) is 0.528. The Morgan fingerprint density at radius 2 is 1.88 bits per heavy atom. The van der Waals surface area contributed by atoms with Crippen LogP contribution in [0, 0.1) is 0 Å². The zero-order valence-corrected chi connectivity index (χ0v) is 15.4. The maximum absolute atomic E-state index is 11.8. The van der Waals surface area contributed by atoms with Gasteiger partial charge in [0.05, 0.1) is 14.9 Å². The van der Waals surface area contributed by atoms with Gasteiger partial charge in [-0.1, -0.05) is 29.3 Å². The molecule has 132 valence electrons. The lowest BCUT2D eigenvalue weighted by atomic mass is 10.2. The highest BCUT2D eigenvalue weighted by Crippen LogP contribution is 2.25. The maximum atomic E-state index is 11.8. The summed E-state index contributed by atoms with van der Waals surface area (Å²) < 4.78 is 4.91. The number of hydrogen-bond donors (Lipinski definition) is 1. The molecule has 0 aliphatic rings. The molecule has 25 heavy (non-hydrogen) atoms. The molecule has 0 aliphatic heterocycles. The van der Waals surface area contributed by atoms with Crippen LogP contribution in [0.15, 0.2) is 35.7 Å². The molecule has 0 saturated carbocycles. The van der Waals surface area contributed by atoms with Crippen molar-refractivity contribution in [2.75, 3.05) is 11.9 Å². The topological polar surface area (TPSA) is 72.5 Å². The normalized spacial score (nSPS) is 10.3. The van der Waals surface area contributed by atoms with Crippen molar-refractivity contribution in [2.45, 2.75) is 19.3 Å². The van der Waals surface area contributed by atoms with E-state index >= 15 is 0 Å². The van der Waals surface area contributed by atoms with Crippen LogP contribution in [-0.2, 0) is 14.3 Å². The van der Waals surface area contributed by atoms with Crippen molar-refractivity contribution in [3.63, 3.8) is 0 Å². The zero-order valence-electron chi connectivity index (χ0n) is 13.1. The molecule has 1 aromatic heterocycles. The molecule has 1 aromatic carbocycles. The average Bonchev–Trinajstić information content (AvgIpc) is 3.10. The second-order valence-corrected chi connectivity index (χ2v) is 6.85. The molecule has 1 N–H and O–H groups in total. The summed E-state index contributed by atoms with van der Waals surface area (Å²) in [4.78, 5) is 35.7. The minimum absolute atomic E-state index is 0.0620. The molecule has 8 heteroatoms. The van der Waals surface area contributed by atoms with Gasteiger partial charge in [0.25, 0.3) is 0 Å². The van der Waals surface area contributed by atoms with Crippen molar-refractivity contribution >= 4 is 57.9 Å². The van der Waals surface area contributed by atoms with E-state index < -0.39 is 5.97 Å². The highest BCUT2D eigenvalue weighted by molar-refractivity contribution is 7.12. The number of Topliss-reactive ketones (excluding diaryl/α,β-unsaturated/α-hetero) is 1. The minimum Gasteiger partial charge on any atom is -0.457 e. The fourth-order valence-electron chi connectivity index (χ4n) is 1.92. The van der Waals surface area contributed by atoms with Crippen molar-refractivity contribution in [2.24, 2.45) is 0 Å². The summed E-state index contributed by atoms with van der Waals surface area (Å²) in [7, 11) is 0. The molecule has 2 aromatic rings. The molecule has 0 unspecified atom stereocenters. The number of nitrogens with one attached hydrogen (secondary N) is 1. The summed E-state index contributed by atoms with van der Waals surface area (Å²) in [5.74, 6) is -0.992. The lowest BCUT2D eigenvalue weighted by Crippen LogP contribution is -2.15. The molecular weight excluding hydrogens is 385 g/mol. The van der Waals surface area contributed by atoms with Gasteiger partial charge in [-0.2, -0.15) is 0 Å². The Kier molecular flexibility index (Phi) is 7.43. The van der Waals surface area contributed by atoms with Gasteiger partial charge in [-0.3, -0.25) is 14.4 Å². The van der Waals surface area contributed by atoms with E-state index in [1.807, 2.05) is 0 Å². The first-order valence-electron chi connectivity index (χ1n) is 7.43. The van der Waals surface area contributed by atoms with E-state index in [2.05, 4.69) is 5.32 Å². The standard InChI is InChI=1S/C17H15Cl2NO4S/c18-12-7-6-11(9-13(12)19)20-16(22)4-1-5-17(23)24-10-14(21)15-3-2-8-25-15/h2-3,6-9H,1,4-5,10H2,(H,20,22). The van der Waals surface area contributed by atoms with Crippen LogP contribution in [0.2, 0.25) is 10.0 Å². The summed E-state index contributed by atoms with van der Waals surface area (Å²) in [5, 5.41) is 5.19. The Morgan fingerprint density at radius 1 is 1.08 bits per heavy atom. The van der Waals surface area contributed by atoms with Crippen LogP contribution in [-0.4, -0.2) is 24.3 Å². The van der Waals surface area contributed by atoms with Crippen LogP contribution in [0.3, 0.4) is 0 Å². The Labute approximate surface area is 158 Å². The predicted molar refractivity (Wildman–Crippen MR) is 98.6 cm³/mol. The molecule has 5 nitrogen and oxygen atoms in total. The number of amides is 1. The number of carbonyl (C=O) groups excluding carboxylic acids is 3. The second kappa shape index (κ2) is 9.56. The number of rotatable bonds is 8. The number of anilines is 1. The number of carbonyl (C=O) groups is 3. The molecule has 0 atom stereocenters. The first-order valence-corrected chi connectivity index (χ1v) is 9.06. The first kappa shape index (κ1) is 19.4. The molecule has 0 saturated heterocycles. The summed E-state index contributed by atoms with van der Waals surface area (Å²) in [5.41, 5.74) is 0.531. The van der Waals surface area contributed by atoms with Gasteiger partial charge in [-0.15, -0.1) is 11.3 Å². The van der Waals surface area contributed by atoms with E-state index in [-0.39, 0.29) is 31.1 Å². The summed E-state index contributed by atoms with van der Waals surface area (Å²) in [6.45, 7) is -0.283. The highest BCUT2D eigenvalue weighted by atomic mass is 35.5. The van der Waals surface area contributed by atoms with Crippen molar-refractivity contribution in [1.29, 1.82) is 0 Å². The minimum atomic E-state index is -0.507. The van der Waals surface area contributed by atoms with Gasteiger partial charge in [-0.25, -0.2) is 0 Å². The van der Waals surface area contributed by atoms with Gasteiger partial charge in [0.15, 0.2) is 6.61 Å². The van der Waals surface area contributed by atoms with Crippen molar-refractivity contribution < 1.29 is 19.1 Å². The Bertz CT molecular complexity index is 762. The third-order valence-electron chi connectivity index (χ3n) is 3.15. The third-order valence-corrected chi connectivity index (χ3v) is 4.80. The number of benzene rings is 1. The van der Waals surface area contributed by atoms with E-state index in [1.54, 1.807) is 35.7 Å². The molecule has 0 fully saturated rings. The van der Waals surface area contributed by atoms with E-state index in [9.17, 15) is 14.4 Å². The number of thiophene rings is 1. The second-order valence-electron chi connectivity index (χ2n) is 5.09. The van der Waals surface area contributed by atoms with E-state index in [1.165, 1.54) is 11.3 Å². The lowest BCUT2D eigenvalue weighted by Gasteiger charge is -2.06. The molecule has 0 bridgehead atoms. The monoisotopic (exact) mass is 399 g/mol. The number of esters is 1. The smallest absolute Gasteiger partial charge is 0.306 e. The van der Waals surface area contributed by atoms with Crippen molar-refractivity contribution in [3.05, 3.63) is 50.6 Å². The quantitative estimate of drug-likeness (QED) is 0.520. The fourth-order valence-corrected chi connectivity index (χ4v) is 2.87. The molecule has 0 radical (unpaired) electrons. The van der Waals surface area contributed by atoms with Crippen LogP contribution in [0.25, 0.3) is 0 Å². The SMILES string of the molecule is O=C(CCCC(=O)OCC(=O)c1cccs1)Nc1ccc(Cl)c(Cl)c1. The average molecular weight is 400 g/mol. The van der Waals surface area contributed by atoms with Gasteiger partial charge in [0.1, 0.15) is 0 Å². The molecule has 1 amide bonds. The van der Waals surface area contributed by atoms with Crippen LogP contribution < -0.4 is 5.32 Å². The first-order chi connectivity index (χ1) is 12.0. The van der Waals surface area contributed by atoms with Gasteiger partial charge >= 0.3 is 5.97 Å². The summed E-state index contributed by atoms with van der Waals surface area (Å²) in [6, 6.07) is 8.20. The molecule has 0 spiro atoms. The van der Waals surface area contributed by atoms with Gasteiger partial charge < -0.3 is 10.1 Å². The van der Waals surface area contributed by atoms with Crippen LogP contribution >= 0.6 is 34.5 Å². The molecule has 1 heterocycles. The Hall–Kier alpha value is -1.89. The number of ketones is 1.